The van der Waals surface area contributed by atoms with Gasteiger partial charge in [0, 0.05) is 27.2 Å². The lowest BCUT2D eigenvalue weighted by atomic mass is 10.1. The molecule has 3 nitrogen and oxygen atoms in total. The molecule has 0 radical (unpaired) electrons. The molecule has 7 heteroatoms. The van der Waals surface area contributed by atoms with Crippen LogP contribution in [0.4, 0.5) is 0 Å². The fraction of sp³-hybridized carbons (Fsp3) is 0.286. The van der Waals surface area contributed by atoms with E-state index in [0.29, 0.717) is 37.2 Å². The average molecular weight is 448 g/mol. The van der Waals surface area contributed by atoms with Gasteiger partial charge in [-0.2, -0.15) is 5.26 Å². The molecular formula is C14H12Br2N2OS2. The number of nitriles is 1. The fourth-order valence-corrected chi connectivity index (χ4v) is 2.71. The molecule has 1 heterocycles. The third-order valence-electron chi connectivity index (χ3n) is 2.93. The van der Waals surface area contributed by atoms with E-state index >= 15 is 0 Å². The summed E-state index contributed by atoms with van der Waals surface area (Å²) in [7, 11) is 0. The summed E-state index contributed by atoms with van der Waals surface area (Å²) < 4.78 is 0.928. The number of nitrogens with zero attached hydrogens (tertiary/aromatic N) is 2. The van der Waals surface area contributed by atoms with Gasteiger partial charge in [0.1, 0.15) is 6.04 Å². The molecule has 1 aliphatic rings. The standard InChI is InChI=1S/C14H12Br2N2OS2/c1-8(15)13(20)11(14(21)9(2)16)6-12(19)18-5-3-4-10(18)7-17/h6,10H,1-5H2. The molecule has 1 rings (SSSR count). The van der Waals surface area contributed by atoms with E-state index in [-0.39, 0.29) is 5.91 Å². The number of amides is 1. The summed E-state index contributed by atoms with van der Waals surface area (Å²) in [6.07, 6.45) is 2.87. The molecule has 1 amide bonds. The highest BCUT2D eigenvalue weighted by Gasteiger charge is 2.28. The van der Waals surface area contributed by atoms with Crippen LogP contribution in [-0.4, -0.2) is 33.1 Å². The van der Waals surface area contributed by atoms with Crippen LogP contribution in [0.3, 0.4) is 0 Å². The Bertz CT molecular complexity index is 577. The molecule has 110 valence electrons. The van der Waals surface area contributed by atoms with E-state index in [9.17, 15) is 4.79 Å². The largest absolute Gasteiger partial charge is 0.323 e. The van der Waals surface area contributed by atoms with Crippen LogP contribution in [0.25, 0.3) is 0 Å². The molecule has 0 bridgehead atoms. The summed E-state index contributed by atoms with van der Waals surface area (Å²) in [5.74, 6) is -0.277. The Morgan fingerprint density at radius 2 is 1.81 bits per heavy atom. The molecule has 0 N–H and O–H groups in total. The summed E-state index contributed by atoms with van der Waals surface area (Å²) in [5.41, 5.74) is 0.400. The number of carbonyl (C=O) groups is 1. The zero-order valence-corrected chi connectivity index (χ0v) is 15.9. The highest BCUT2D eigenvalue weighted by Crippen LogP contribution is 2.22. The quantitative estimate of drug-likeness (QED) is 0.472. The molecule has 0 aromatic heterocycles. The molecule has 0 aromatic carbocycles. The van der Waals surface area contributed by atoms with E-state index in [2.05, 4.69) is 51.1 Å². The van der Waals surface area contributed by atoms with Crippen molar-refractivity contribution in [1.29, 1.82) is 5.26 Å². The first kappa shape index (κ1) is 18.4. The Hall–Kier alpha value is -0.680. The first-order valence-corrected chi connectivity index (χ1v) is 8.40. The molecule has 21 heavy (non-hydrogen) atoms. The normalized spacial score (nSPS) is 16.8. The van der Waals surface area contributed by atoms with Crippen LogP contribution in [0.5, 0.6) is 0 Å². The van der Waals surface area contributed by atoms with E-state index in [4.69, 9.17) is 29.7 Å². The summed E-state index contributed by atoms with van der Waals surface area (Å²) in [4.78, 5) is 14.6. The van der Waals surface area contributed by atoms with Crippen molar-refractivity contribution < 1.29 is 4.79 Å². The molecule has 0 saturated carbocycles. The average Bonchev–Trinajstić information content (AvgIpc) is 2.91. The minimum Gasteiger partial charge on any atom is -0.323 e. The topological polar surface area (TPSA) is 44.1 Å². The molecule has 1 aliphatic heterocycles. The second-order valence-electron chi connectivity index (χ2n) is 4.34. The van der Waals surface area contributed by atoms with Crippen molar-refractivity contribution >= 4 is 71.9 Å². The van der Waals surface area contributed by atoms with Crippen molar-refractivity contribution in [3.8, 4) is 6.07 Å². The van der Waals surface area contributed by atoms with Gasteiger partial charge in [0.25, 0.3) is 0 Å². The fourth-order valence-electron chi connectivity index (χ4n) is 1.90. The summed E-state index contributed by atoms with van der Waals surface area (Å²) >= 11 is 16.9. The Labute approximate surface area is 151 Å². The predicted molar refractivity (Wildman–Crippen MR) is 99.8 cm³/mol. The number of halogens is 2. The monoisotopic (exact) mass is 446 g/mol. The maximum Gasteiger partial charge on any atom is 0.248 e. The van der Waals surface area contributed by atoms with Gasteiger partial charge >= 0.3 is 0 Å². The zero-order chi connectivity index (χ0) is 16.2. The molecule has 1 saturated heterocycles. The first-order valence-electron chi connectivity index (χ1n) is 5.99. The molecule has 1 atom stereocenters. The van der Waals surface area contributed by atoms with Crippen LogP contribution >= 0.6 is 56.3 Å². The van der Waals surface area contributed by atoms with Crippen molar-refractivity contribution in [1.82, 2.24) is 4.90 Å². The van der Waals surface area contributed by atoms with Gasteiger partial charge in [-0.1, -0.05) is 37.6 Å². The molecular weight excluding hydrogens is 436 g/mol. The molecule has 0 aromatic rings. The molecule has 0 spiro atoms. The minimum atomic E-state index is -0.392. The number of likely N-dealkylation sites (tertiary alicyclic amines) is 1. The highest BCUT2D eigenvalue weighted by atomic mass is 79.9. The van der Waals surface area contributed by atoms with Crippen molar-refractivity contribution in [2.24, 2.45) is 0 Å². The van der Waals surface area contributed by atoms with Crippen LogP contribution in [0.15, 0.2) is 33.8 Å². The Morgan fingerprint density at radius 3 is 2.24 bits per heavy atom. The van der Waals surface area contributed by atoms with Gasteiger partial charge in [0.15, 0.2) is 0 Å². The van der Waals surface area contributed by atoms with Crippen LogP contribution in [0.2, 0.25) is 0 Å². The third-order valence-corrected chi connectivity index (χ3v) is 5.19. The molecule has 1 unspecified atom stereocenters. The van der Waals surface area contributed by atoms with Crippen molar-refractivity contribution in [3.63, 3.8) is 0 Å². The Morgan fingerprint density at radius 1 is 1.29 bits per heavy atom. The summed E-state index contributed by atoms with van der Waals surface area (Å²) in [6.45, 7) is 7.97. The van der Waals surface area contributed by atoms with E-state index in [1.165, 1.54) is 11.0 Å². The van der Waals surface area contributed by atoms with Crippen molar-refractivity contribution in [3.05, 3.63) is 33.8 Å². The van der Waals surface area contributed by atoms with Crippen LogP contribution in [-0.2, 0) is 4.79 Å². The number of hydrogen-bond acceptors (Lipinski definition) is 4. The lowest BCUT2D eigenvalue weighted by molar-refractivity contribution is -0.125. The van der Waals surface area contributed by atoms with E-state index in [1.807, 2.05) is 0 Å². The maximum absolute atomic E-state index is 12.4. The second-order valence-corrected chi connectivity index (χ2v) is 7.08. The molecule has 1 fully saturated rings. The van der Waals surface area contributed by atoms with Crippen LogP contribution in [0, 0.1) is 11.3 Å². The van der Waals surface area contributed by atoms with Gasteiger partial charge in [-0.25, -0.2) is 0 Å². The summed E-state index contributed by atoms with van der Waals surface area (Å²) in [5, 5.41) is 9.05. The summed E-state index contributed by atoms with van der Waals surface area (Å²) in [6, 6.07) is 1.74. The number of rotatable bonds is 5. The lowest BCUT2D eigenvalue weighted by Crippen LogP contribution is -2.34. The minimum absolute atomic E-state index is 0.277. The zero-order valence-electron chi connectivity index (χ0n) is 11.1. The van der Waals surface area contributed by atoms with Gasteiger partial charge in [-0.05, 0) is 44.7 Å². The van der Waals surface area contributed by atoms with E-state index in [1.54, 1.807) is 0 Å². The number of thiocarbonyl (C=S) groups is 2. The first-order chi connectivity index (χ1) is 9.79. The van der Waals surface area contributed by atoms with Gasteiger partial charge in [-0.3, -0.25) is 4.79 Å². The van der Waals surface area contributed by atoms with Crippen molar-refractivity contribution in [2.75, 3.05) is 6.54 Å². The number of carbonyl (C=O) groups excluding carboxylic acids is 1. The van der Waals surface area contributed by atoms with Crippen LogP contribution < -0.4 is 0 Å². The van der Waals surface area contributed by atoms with Gasteiger partial charge < -0.3 is 4.90 Å². The lowest BCUT2D eigenvalue weighted by Gasteiger charge is -2.18. The van der Waals surface area contributed by atoms with Crippen LogP contribution in [0.1, 0.15) is 12.8 Å². The maximum atomic E-state index is 12.4. The molecule has 0 aliphatic carbocycles. The van der Waals surface area contributed by atoms with Gasteiger partial charge in [0.05, 0.1) is 15.8 Å². The number of allylic oxidation sites excluding steroid dienone is 3. The second kappa shape index (κ2) is 8.08. The van der Waals surface area contributed by atoms with Gasteiger partial charge in [-0.15, -0.1) is 0 Å². The van der Waals surface area contributed by atoms with Gasteiger partial charge in [0.2, 0.25) is 5.91 Å². The third kappa shape index (κ3) is 4.65. The Balaban J connectivity index is 3.14. The predicted octanol–water partition coefficient (Wildman–Crippen LogP) is 3.98. The highest BCUT2D eigenvalue weighted by molar-refractivity contribution is 9.12. The number of hydrogen-bond donors (Lipinski definition) is 0. The van der Waals surface area contributed by atoms with E-state index in [0.717, 1.165) is 6.42 Å². The smallest absolute Gasteiger partial charge is 0.248 e. The van der Waals surface area contributed by atoms with E-state index < -0.39 is 6.04 Å². The SMILES string of the molecule is C=C(Br)C(=S)C(=CC(=O)N1CCCC1C#N)C(=S)C(=C)Br. The Kier molecular flexibility index (Phi) is 7.07. The van der Waals surface area contributed by atoms with Crippen molar-refractivity contribution in [2.45, 2.75) is 18.9 Å².